The molecule has 3 aromatic carbocycles. The monoisotopic (exact) mass is 470 g/mol. The highest BCUT2D eigenvalue weighted by Gasteiger charge is 2.33. The number of alkyl halides is 3. The molecule has 0 bridgehead atoms. The lowest BCUT2D eigenvalue weighted by Crippen LogP contribution is -2.44. The maximum atomic E-state index is 13.4. The van der Waals surface area contributed by atoms with E-state index in [1.165, 1.54) is 18.2 Å². The van der Waals surface area contributed by atoms with Crippen molar-refractivity contribution in [1.82, 2.24) is 10.2 Å². The van der Waals surface area contributed by atoms with Gasteiger partial charge in [-0.3, -0.25) is 9.69 Å². The summed E-state index contributed by atoms with van der Waals surface area (Å²) in [7, 11) is 0. The minimum absolute atomic E-state index is 0.0410. The maximum absolute atomic E-state index is 13.4. The summed E-state index contributed by atoms with van der Waals surface area (Å²) in [5.74, 6) is -0.756. The SMILES string of the molecule is O=C(NCc1cccc(C(F)(F)F)c1)[C@@H]1CC[C@H](c2ccccc2)N(Cc2ccc(F)cc2)C1. The van der Waals surface area contributed by atoms with Gasteiger partial charge in [0.25, 0.3) is 0 Å². The van der Waals surface area contributed by atoms with Gasteiger partial charge in [-0.25, -0.2) is 4.39 Å². The molecule has 178 valence electrons. The molecule has 4 rings (SSSR count). The molecule has 7 heteroatoms. The molecule has 1 amide bonds. The molecule has 1 heterocycles. The Morgan fingerprint density at radius 2 is 1.65 bits per heavy atom. The van der Waals surface area contributed by atoms with Crippen LogP contribution in [0.5, 0.6) is 0 Å². The van der Waals surface area contributed by atoms with Crippen molar-refractivity contribution in [1.29, 1.82) is 0 Å². The van der Waals surface area contributed by atoms with Gasteiger partial charge >= 0.3 is 6.18 Å². The highest BCUT2D eigenvalue weighted by atomic mass is 19.4. The zero-order valence-corrected chi connectivity index (χ0v) is 18.6. The van der Waals surface area contributed by atoms with E-state index in [4.69, 9.17) is 0 Å². The summed E-state index contributed by atoms with van der Waals surface area (Å²) < 4.78 is 52.3. The van der Waals surface area contributed by atoms with Crippen LogP contribution in [0.25, 0.3) is 0 Å². The average molecular weight is 471 g/mol. The van der Waals surface area contributed by atoms with Gasteiger partial charge in [0, 0.05) is 25.7 Å². The Morgan fingerprint density at radius 1 is 0.912 bits per heavy atom. The number of carbonyl (C=O) groups is 1. The number of amides is 1. The Kier molecular flexibility index (Phi) is 7.32. The summed E-state index contributed by atoms with van der Waals surface area (Å²) >= 11 is 0. The lowest BCUT2D eigenvalue weighted by molar-refractivity contribution is -0.137. The summed E-state index contributed by atoms with van der Waals surface area (Å²) in [5, 5.41) is 2.81. The van der Waals surface area contributed by atoms with Crippen LogP contribution in [-0.2, 0) is 24.1 Å². The highest BCUT2D eigenvalue weighted by molar-refractivity contribution is 5.79. The van der Waals surface area contributed by atoms with Gasteiger partial charge in [-0.05, 0) is 53.8 Å². The molecular formula is C27H26F4N2O. The summed E-state index contributed by atoms with van der Waals surface area (Å²) in [6.45, 7) is 1.11. The number of carbonyl (C=O) groups excluding carboxylic acids is 1. The molecule has 1 fully saturated rings. The number of halogens is 4. The highest BCUT2D eigenvalue weighted by Crippen LogP contribution is 2.35. The fourth-order valence-electron chi connectivity index (χ4n) is 4.50. The Hall–Kier alpha value is -3.19. The molecule has 0 radical (unpaired) electrons. The Bertz CT molecular complexity index is 1100. The van der Waals surface area contributed by atoms with Crippen molar-refractivity contribution in [3.63, 3.8) is 0 Å². The Morgan fingerprint density at radius 3 is 2.35 bits per heavy atom. The molecule has 1 aliphatic heterocycles. The van der Waals surface area contributed by atoms with Crippen molar-refractivity contribution in [2.24, 2.45) is 5.92 Å². The summed E-state index contributed by atoms with van der Waals surface area (Å²) in [6, 6.07) is 21.5. The van der Waals surface area contributed by atoms with E-state index in [1.54, 1.807) is 18.2 Å². The van der Waals surface area contributed by atoms with Gasteiger partial charge < -0.3 is 5.32 Å². The van der Waals surface area contributed by atoms with E-state index in [-0.39, 0.29) is 30.2 Å². The minimum atomic E-state index is -4.42. The van der Waals surface area contributed by atoms with E-state index in [2.05, 4.69) is 22.3 Å². The first-order chi connectivity index (χ1) is 16.3. The van der Waals surface area contributed by atoms with Gasteiger partial charge in [-0.15, -0.1) is 0 Å². The molecule has 0 saturated carbocycles. The lowest BCUT2D eigenvalue weighted by atomic mass is 9.88. The van der Waals surface area contributed by atoms with Crippen molar-refractivity contribution in [2.75, 3.05) is 6.54 Å². The normalized spacial score (nSPS) is 19.1. The van der Waals surface area contributed by atoms with Crippen LogP contribution in [-0.4, -0.2) is 17.4 Å². The third-order valence-electron chi connectivity index (χ3n) is 6.26. The van der Waals surface area contributed by atoms with Gasteiger partial charge in [0.1, 0.15) is 5.82 Å². The van der Waals surface area contributed by atoms with Gasteiger partial charge in [0.2, 0.25) is 5.91 Å². The Labute approximate surface area is 196 Å². The van der Waals surface area contributed by atoms with Crippen LogP contribution in [0.2, 0.25) is 0 Å². The summed E-state index contributed by atoms with van der Waals surface area (Å²) in [6.07, 6.45) is -2.97. The largest absolute Gasteiger partial charge is 0.416 e. The molecule has 0 aromatic heterocycles. The van der Waals surface area contributed by atoms with Crippen LogP contribution in [0.1, 0.15) is 41.1 Å². The third kappa shape index (κ3) is 6.03. The van der Waals surface area contributed by atoms with Gasteiger partial charge in [-0.2, -0.15) is 13.2 Å². The van der Waals surface area contributed by atoms with E-state index in [0.717, 1.165) is 29.7 Å². The summed E-state index contributed by atoms with van der Waals surface area (Å²) in [4.78, 5) is 15.2. The van der Waals surface area contributed by atoms with Crippen LogP contribution >= 0.6 is 0 Å². The molecule has 2 atom stereocenters. The molecule has 0 unspecified atom stereocenters. The second kappa shape index (κ2) is 10.4. The van der Waals surface area contributed by atoms with Crippen LogP contribution in [0.15, 0.2) is 78.9 Å². The van der Waals surface area contributed by atoms with E-state index in [9.17, 15) is 22.4 Å². The first-order valence-electron chi connectivity index (χ1n) is 11.3. The van der Waals surface area contributed by atoms with E-state index in [1.807, 2.05) is 18.2 Å². The standard InChI is InChI=1S/C27H26F4N2O/c28-24-12-9-19(10-13-24)17-33-18-22(11-14-25(33)21-6-2-1-3-7-21)26(34)32-16-20-5-4-8-23(15-20)27(29,30)31/h1-10,12-13,15,22,25H,11,14,16-18H2,(H,32,34)/t22-,25-/m1/s1. The molecule has 1 aliphatic rings. The fraction of sp³-hybridized carbons (Fsp3) is 0.296. The second-order valence-electron chi connectivity index (χ2n) is 8.67. The number of piperidine rings is 1. The van der Waals surface area contributed by atoms with Gasteiger partial charge in [0.15, 0.2) is 0 Å². The van der Waals surface area contributed by atoms with Crippen molar-refractivity contribution < 1.29 is 22.4 Å². The summed E-state index contributed by atoms with van der Waals surface area (Å²) in [5.41, 5.74) is 1.79. The Balaban J connectivity index is 1.44. The van der Waals surface area contributed by atoms with Crippen LogP contribution < -0.4 is 5.32 Å². The topological polar surface area (TPSA) is 32.3 Å². The maximum Gasteiger partial charge on any atom is 0.416 e. The zero-order valence-electron chi connectivity index (χ0n) is 18.6. The third-order valence-corrected chi connectivity index (χ3v) is 6.26. The van der Waals surface area contributed by atoms with Crippen molar-refractivity contribution in [3.05, 3.63) is 107 Å². The number of likely N-dealkylation sites (tertiary alicyclic amines) is 1. The lowest BCUT2D eigenvalue weighted by Gasteiger charge is -2.39. The van der Waals surface area contributed by atoms with Crippen molar-refractivity contribution in [2.45, 2.75) is 38.1 Å². The molecular weight excluding hydrogens is 444 g/mol. The molecule has 1 saturated heterocycles. The number of nitrogens with zero attached hydrogens (tertiary/aromatic N) is 1. The molecule has 1 N–H and O–H groups in total. The predicted octanol–water partition coefficient (Wildman–Crippen LogP) is 6.11. The quantitative estimate of drug-likeness (QED) is 0.441. The van der Waals surface area contributed by atoms with Crippen LogP contribution in [0.4, 0.5) is 17.6 Å². The molecule has 3 nitrogen and oxygen atoms in total. The molecule has 0 spiro atoms. The van der Waals surface area contributed by atoms with E-state index >= 15 is 0 Å². The number of hydrogen-bond acceptors (Lipinski definition) is 2. The van der Waals surface area contributed by atoms with E-state index < -0.39 is 11.7 Å². The van der Waals surface area contributed by atoms with Crippen molar-refractivity contribution in [3.8, 4) is 0 Å². The number of hydrogen-bond donors (Lipinski definition) is 1. The van der Waals surface area contributed by atoms with Crippen molar-refractivity contribution >= 4 is 5.91 Å². The van der Waals surface area contributed by atoms with Crippen LogP contribution in [0, 0.1) is 11.7 Å². The zero-order chi connectivity index (χ0) is 24.1. The number of rotatable bonds is 6. The average Bonchev–Trinajstić information content (AvgIpc) is 2.84. The predicted molar refractivity (Wildman–Crippen MR) is 122 cm³/mol. The van der Waals surface area contributed by atoms with Gasteiger partial charge in [-0.1, -0.05) is 54.6 Å². The molecule has 0 aliphatic carbocycles. The van der Waals surface area contributed by atoms with Crippen LogP contribution in [0.3, 0.4) is 0 Å². The first-order valence-corrected chi connectivity index (χ1v) is 11.3. The smallest absolute Gasteiger partial charge is 0.352 e. The number of benzene rings is 3. The molecule has 3 aromatic rings. The number of nitrogens with one attached hydrogen (secondary N) is 1. The minimum Gasteiger partial charge on any atom is -0.352 e. The first kappa shape index (κ1) is 24.0. The molecule has 34 heavy (non-hydrogen) atoms. The fourth-order valence-corrected chi connectivity index (χ4v) is 4.50. The van der Waals surface area contributed by atoms with E-state index in [0.29, 0.717) is 25.1 Å². The second-order valence-corrected chi connectivity index (χ2v) is 8.67. The van der Waals surface area contributed by atoms with Gasteiger partial charge in [0.05, 0.1) is 11.5 Å².